The van der Waals surface area contributed by atoms with Gasteiger partial charge in [-0.2, -0.15) is 0 Å². The Balaban J connectivity index is 2.67. The van der Waals surface area contributed by atoms with Gasteiger partial charge in [-0.3, -0.25) is 0 Å². The largest absolute Gasteiger partial charge is 0.0898 e. The molecule has 1 aliphatic rings. The minimum Gasteiger partial charge on any atom is -0.0898 e. The van der Waals surface area contributed by atoms with Crippen molar-refractivity contribution in [3.8, 4) is 0 Å². The molecule has 1 rings (SSSR count). The van der Waals surface area contributed by atoms with Gasteiger partial charge in [0.25, 0.3) is 0 Å². The van der Waals surface area contributed by atoms with Gasteiger partial charge in [-0.05, 0) is 30.1 Å². The van der Waals surface area contributed by atoms with E-state index >= 15 is 0 Å². The summed E-state index contributed by atoms with van der Waals surface area (Å²) in [5.41, 5.74) is 0.477. The van der Waals surface area contributed by atoms with Crippen molar-refractivity contribution in [3.05, 3.63) is 11.1 Å². The molecule has 0 unspecified atom stereocenters. The standard InChI is InChI=1S/C11H19Cl/c1-7(2)10-9(6-8(3)12)11(10,4)5/h6-7,9-10H,1-5H3/b8-6-/t9-,10-/m1/s1. The van der Waals surface area contributed by atoms with E-state index in [-0.39, 0.29) is 0 Å². The fraction of sp³-hybridized carbons (Fsp3) is 0.818. The van der Waals surface area contributed by atoms with E-state index in [0.29, 0.717) is 11.3 Å². The molecule has 0 amide bonds. The third-order valence-corrected chi connectivity index (χ3v) is 3.25. The van der Waals surface area contributed by atoms with Crippen LogP contribution in [0.4, 0.5) is 0 Å². The average Bonchev–Trinajstić information content (AvgIpc) is 2.32. The summed E-state index contributed by atoms with van der Waals surface area (Å²) in [5, 5.41) is 0.941. The van der Waals surface area contributed by atoms with E-state index in [1.807, 2.05) is 6.92 Å². The number of allylic oxidation sites excluding steroid dienone is 2. The monoisotopic (exact) mass is 186 g/mol. The third-order valence-electron chi connectivity index (χ3n) is 3.12. The van der Waals surface area contributed by atoms with Gasteiger partial charge in [0.2, 0.25) is 0 Å². The minimum atomic E-state index is 0.477. The van der Waals surface area contributed by atoms with Gasteiger partial charge in [0.15, 0.2) is 0 Å². The number of hydrogen-bond acceptors (Lipinski definition) is 0. The molecule has 0 aromatic heterocycles. The van der Waals surface area contributed by atoms with Crippen molar-refractivity contribution in [3.63, 3.8) is 0 Å². The summed E-state index contributed by atoms with van der Waals surface area (Å²) in [6.45, 7) is 11.2. The molecule has 70 valence electrons. The Kier molecular flexibility index (Phi) is 2.58. The summed E-state index contributed by atoms with van der Waals surface area (Å²) in [5.74, 6) is 2.30. The molecule has 12 heavy (non-hydrogen) atoms. The van der Waals surface area contributed by atoms with Gasteiger partial charge in [0, 0.05) is 5.03 Å². The Hall–Kier alpha value is 0.0300. The molecule has 0 nitrogen and oxygen atoms in total. The third kappa shape index (κ3) is 1.69. The highest BCUT2D eigenvalue weighted by molar-refractivity contribution is 6.29. The number of hydrogen-bond donors (Lipinski definition) is 0. The second-order valence-corrected chi connectivity index (χ2v) is 5.47. The zero-order valence-electron chi connectivity index (χ0n) is 8.69. The molecule has 1 heteroatoms. The molecule has 0 aliphatic heterocycles. The van der Waals surface area contributed by atoms with E-state index < -0.39 is 0 Å². The van der Waals surface area contributed by atoms with Crippen LogP contribution in [0.25, 0.3) is 0 Å². The molecule has 0 saturated heterocycles. The summed E-state index contributed by atoms with van der Waals surface area (Å²) >= 11 is 5.87. The Morgan fingerprint density at radius 1 is 1.42 bits per heavy atom. The van der Waals surface area contributed by atoms with Gasteiger partial charge >= 0.3 is 0 Å². The topological polar surface area (TPSA) is 0 Å². The van der Waals surface area contributed by atoms with Crippen LogP contribution in [0.15, 0.2) is 11.1 Å². The van der Waals surface area contributed by atoms with E-state index in [0.717, 1.165) is 16.9 Å². The number of rotatable bonds is 2. The highest BCUT2D eigenvalue weighted by Gasteiger charge is 2.57. The van der Waals surface area contributed by atoms with Gasteiger partial charge < -0.3 is 0 Å². The van der Waals surface area contributed by atoms with Gasteiger partial charge in [0.1, 0.15) is 0 Å². The fourth-order valence-electron chi connectivity index (χ4n) is 2.56. The van der Waals surface area contributed by atoms with Crippen molar-refractivity contribution in [2.24, 2.45) is 23.2 Å². The van der Waals surface area contributed by atoms with Crippen LogP contribution in [-0.2, 0) is 0 Å². The lowest BCUT2D eigenvalue weighted by Gasteiger charge is -2.04. The van der Waals surface area contributed by atoms with E-state index in [9.17, 15) is 0 Å². The molecule has 0 aromatic carbocycles. The predicted molar refractivity (Wildman–Crippen MR) is 55.2 cm³/mol. The molecule has 2 atom stereocenters. The van der Waals surface area contributed by atoms with E-state index in [4.69, 9.17) is 11.6 Å². The molecular weight excluding hydrogens is 168 g/mol. The van der Waals surface area contributed by atoms with Crippen LogP contribution in [0.2, 0.25) is 0 Å². The Bertz CT molecular complexity index is 197. The van der Waals surface area contributed by atoms with Gasteiger partial charge in [-0.1, -0.05) is 45.4 Å². The molecule has 0 radical (unpaired) electrons. The summed E-state index contributed by atoms with van der Waals surface area (Å²) in [4.78, 5) is 0. The highest BCUT2D eigenvalue weighted by atomic mass is 35.5. The maximum atomic E-state index is 5.87. The maximum Gasteiger partial charge on any atom is 0.0113 e. The first kappa shape index (κ1) is 10.1. The predicted octanol–water partition coefficient (Wildman–Crippen LogP) is 4.06. The van der Waals surface area contributed by atoms with Crippen LogP contribution >= 0.6 is 11.6 Å². The van der Waals surface area contributed by atoms with E-state index in [2.05, 4.69) is 33.8 Å². The second kappa shape index (κ2) is 3.06. The Morgan fingerprint density at radius 3 is 2.17 bits per heavy atom. The highest BCUT2D eigenvalue weighted by Crippen LogP contribution is 2.62. The summed E-state index contributed by atoms with van der Waals surface area (Å²) in [6.07, 6.45) is 2.21. The molecule has 0 heterocycles. The number of halogens is 1. The Labute approximate surface area is 81.0 Å². The molecular formula is C11H19Cl. The van der Waals surface area contributed by atoms with Gasteiger partial charge in [-0.15, -0.1) is 0 Å². The lowest BCUT2D eigenvalue weighted by molar-refractivity contribution is 0.451. The molecule has 1 fully saturated rings. The van der Waals surface area contributed by atoms with Crippen molar-refractivity contribution in [1.29, 1.82) is 0 Å². The lowest BCUT2D eigenvalue weighted by atomic mass is 10.0. The first-order valence-corrected chi connectivity index (χ1v) is 5.09. The second-order valence-electron chi connectivity index (χ2n) is 4.87. The molecule has 0 spiro atoms. The fourth-order valence-corrected chi connectivity index (χ4v) is 2.69. The van der Waals surface area contributed by atoms with Crippen molar-refractivity contribution in [2.75, 3.05) is 0 Å². The molecule has 1 saturated carbocycles. The SMILES string of the molecule is C/C(Cl)=C/[C@@H]1[C@@H](C(C)C)C1(C)C. The smallest absolute Gasteiger partial charge is 0.0113 e. The van der Waals surface area contributed by atoms with Crippen molar-refractivity contribution in [2.45, 2.75) is 34.6 Å². The maximum absolute atomic E-state index is 5.87. The van der Waals surface area contributed by atoms with E-state index in [1.165, 1.54) is 0 Å². The average molecular weight is 187 g/mol. The van der Waals surface area contributed by atoms with Crippen LogP contribution in [-0.4, -0.2) is 0 Å². The molecule has 0 aromatic rings. The summed E-state index contributed by atoms with van der Waals surface area (Å²) in [7, 11) is 0. The van der Waals surface area contributed by atoms with Crippen molar-refractivity contribution >= 4 is 11.6 Å². The van der Waals surface area contributed by atoms with Gasteiger partial charge in [0.05, 0.1) is 0 Å². The lowest BCUT2D eigenvalue weighted by Crippen LogP contribution is -1.96. The molecule has 0 bridgehead atoms. The van der Waals surface area contributed by atoms with E-state index in [1.54, 1.807) is 0 Å². The van der Waals surface area contributed by atoms with Crippen LogP contribution in [0, 0.1) is 23.2 Å². The summed E-state index contributed by atoms with van der Waals surface area (Å²) in [6, 6.07) is 0. The quantitative estimate of drug-likeness (QED) is 0.610. The first-order chi connectivity index (χ1) is 5.37. The van der Waals surface area contributed by atoms with Gasteiger partial charge in [-0.25, -0.2) is 0 Å². The van der Waals surface area contributed by atoms with Crippen LogP contribution in [0.1, 0.15) is 34.6 Å². The normalized spacial score (nSPS) is 34.1. The Morgan fingerprint density at radius 2 is 1.92 bits per heavy atom. The zero-order valence-corrected chi connectivity index (χ0v) is 9.44. The summed E-state index contributed by atoms with van der Waals surface area (Å²) < 4.78 is 0. The van der Waals surface area contributed by atoms with Crippen molar-refractivity contribution < 1.29 is 0 Å². The van der Waals surface area contributed by atoms with Crippen LogP contribution in [0.5, 0.6) is 0 Å². The minimum absolute atomic E-state index is 0.477. The van der Waals surface area contributed by atoms with Crippen molar-refractivity contribution in [1.82, 2.24) is 0 Å². The zero-order chi connectivity index (χ0) is 9.52. The first-order valence-electron chi connectivity index (χ1n) is 4.71. The molecule has 0 N–H and O–H groups in total. The van der Waals surface area contributed by atoms with Crippen LogP contribution < -0.4 is 0 Å². The van der Waals surface area contributed by atoms with Crippen LogP contribution in [0.3, 0.4) is 0 Å². The molecule has 1 aliphatic carbocycles.